The highest BCUT2D eigenvalue weighted by Gasteiger charge is 2.15. The van der Waals surface area contributed by atoms with E-state index >= 15 is 0 Å². The van der Waals surface area contributed by atoms with Gasteiger partial charge >= 0.3 is 0 Å². The van der Waals surface area contributed by atoms with Crippen LogP contribution in [-0.4, -0.2) is 24.1 Å². The van der Waals surface area contributed by atoms with Crippen LogP contribution in [0.3, 0.4) is 0 Å². The van der Waals surface area contributed by atoms with Crippen LogP contribution in [-0.2, 0) is 0 Å². The molecular weight excluding hydrogens is 234 g/mol. The van der Waals surface area contributed by atoms with Crippen molar-refractivity contribution in [2.24, 2.45) is 0 Å². The molecule has 2 N–H and O–H groups in total. The first-order valence-electron chi connectivity index (χ1n) is 5.85. The van der Waals surface area contributed by atoms with E-state index in [0.717, 1.165) is 41.1 Å². The number of halogens is 1. The summed E-state index contributed by atoms with van der Waals surface area (Å²) in [7, 11) is 0. The van der Waals surface area contributed by atoms with Crippen LogP contribution in [0.1, 0.15) is 6.42 Å². The van der Waals surface area contributed by atoms with Crippen molar-refractivity contribution in [3.63, 3.8) is 0 Å². The molecule has 1 saturated heterocycles. The van der Waals surface area contributed by atoms with Crippen molar-refractivity contribution in [1.29, 1.82) is 0 Å². The molecule has 3 rings (SSSR count). The summed E-state index contributed by atoms with van der Waals surface area (Å²) < 4.78 is 0. The Kier molecular flexibility index (Phi) is 2.87. The van der Waals surface area contributed by atoms with E-state index in [0.29, 0.717) is 6.04 Å². The predicted molar refractivity (Wildman–Crippen MR) is 71.7 cm³/mol. The Morgan fingerprint density at radius 3 is 3.12 bits per heavy atom. The lowest BCUT2D eigenvalue weighted by Gasteiger charge is -2.14. The topological polar surface area (TPSA) is 37.0 Å². The fraction of sp³-hybridized carbons (Fsp3) is 0.308. The van der Waals surface area contributed by atoms with Crippen molar-refractivity contribution in [2.45, 2.75) is 12.5 Å². The quantitative estimate of drug-likeness (QED) is 0.857. The molecule has 1 aliphatic heterocycles. The number of anilines is 1. The van der Waals surface area contributed by atoms with Crippen molar-refractivity contribution in [3.05, 3.63) is 35.5 Å². The molecule has 0 bridgehead atoms. The summed E-state index contributed by atoms with van der Waals surface area (Å²) in [6.45, 7) is 2.09. The Balaban J connectivity index is 2.01. The van der Waals surface area contributed by atoms with Crippen molar-refractivity contribution in [2.75, 3.05) is 18.4 Å². The Morgan fingerprint density at radius 2 is 2.29 bits per heavy atom. The van der Waals surface area contributed by atoms with Crippen molar-refractivity contribution in [1.82, 2.24) is 10.3 Å². The summed E-state index contributed by atoms with van der Waals surface area (Å²) >= 11 is 6.17. The molecule has 1 unspecified atom stereocenters. The largest absolute Gasteiger partial charge is 0.379 e. The molecular formula is C13H14ClN3. The van der Waals surface area contributed by atoms with Gasteiger partial charge in [0.2, 0.25) is 0 Å². The second kappa shape index (κ2) is 4.51. The molecule has 1 aromatic heterocycles. The third-order valence-electron chi connectivity index (χ3n) is 3.14. The molecule has 0 amide bonds. The van der Waals surface area contributed by atoms with E-state index < -0.39 is 0 Å². The number of pyridine rings is 1. The van der Waals surface area contributed by atoms with Gasteiger partial charge < -0.3 is 10.6 Å². The third kappa shape index (κ3) is 2.08. The number of rotatable bonds is 2. The summed E-state index contributed by atoms with van der Waals surface area (Å²) in [5.41, 5.74) is 2.02. The lowest BCUT2D eigenvalue weighted by molar-refractivity contribution is 0.794. The van der Waals surface area contributed by atoms with Gasteiger partial charge in [0.05, 0.1) is 16.2 Å². The molecule has 2 aromatic rings. The maximum absolute atomic E-state index is 6.17. The van der Waals surface area contributed by atoms with Crippen LogP contribution in [0.2, 0.25) is 5.02 Å². The number of hydrogen-bond acceptors (Lipinski definition) is 3. The summed E-state index contributed by atoms with van der Waals surface area (Å²) in [4.78, 5) is 4.42. The maximum Gasteiger partial charge on any atom is 0.0948 e. The Bertz CT molecular complexity index is 535. The molecule has 0 radical (unpaired) electrons. The van der Waals surface area contributed by atoms with Gasteiger partial charge in [0.25, 0.3) is 0 Å². The van der Waals surface area contributed by atoms with Gasteiger partial charge in [-0.15, -0.1) is 0 Å². The van der Waals surface area contributed by atoms with Gasteiger partial charge in [0.1, 0.15) is 0 Å². The lowest BCUT2D eigenvalue weighted by Crippen LogP contribution is -2.22. The van der Waals surface area contributed by atoms with Crippen LogP contribution in [0, 0.1) is 0 Å². The Hall–Kier alpha value is -1.32. The Morgan fingerprint density at radius 1 is 1.35 bits per heavy atom. The predicted octanol–water partition coefficient (Wildman–Crippen LogP) is 2.66. The molecule has 1 aliphatic rings. The first kappa shape index (κ1) is 10.8. The zero-order valence-electron chi connectivity index (χ0n) is 9.41. The smallest absolute Gasteiger partial charge is 0.0948 e. The van der Waals surface area contributed by atoms with Gasteiger partial charge in [-0.25, -0.2) is 0 Å². The van der Waals surface area contributed by atoms with Crippen molar-refractivity contribution < 1.29 is 0 Å². The SMILES string of the molecule is Clc1ccc(NC2CCNC2)c2ncccc12. The highest BCUT2D eigenvalue weighted by atomic mass is 35.5. The fourth-order valence-electron chi connectivity index (χ4n) is 2.25. The summed E-state index contributed by atoms with van der Waals surface area (Å²) in [6.07, 6.45) is 2.95. The van der Waals surface area contributed by atoms with Crippen LogP contribution >= 0.6 is 11.6 Å². The number of hydrogen-bond donors (Lipinski definition) is 2. The minimum Gasteiger partial charge on any atom is -0.379 e. The first-order chi connectivity index (χ1) is 8.34. The molecule has 88 valence electrons. The zero-order valence-corrected chi connectivity index (χ0v) is 10.2. The van der Waals surface area contributed by atoms with Crippen molar-refractivity contribution >= 4 is 28.2 Å². The maximum atomic E-state index is 6.17. The van der Waals surface area contributed by atoms with Gasteiger partial charge in [-0.3, -0.25) is 4.98 Å². The third-order valence-corrected chi connectivity index (χ3v) is 3.47. The molecule has 0 saturated carbocycles. The average molecular weight is 248 g/mol. The van der Waals surface area contributed by atoms with Crippen molar-refractivity contribution in [3.8, 4) is 0 Å². The van der Waals surface area contributed by atoms with E-state index in [1.807, 2.05) is 24.3 Å². The van der Waals surface area contributed by atoms with Gasteiger partial charge in [-0.05, 0) is 37.2 Å². The number of fused-ring (bicyclic) bond motifs is 1. The molecule has 3 nitrogen and oxygen atoms in total. The Labute approximate surface area is 105 Å². The monoisotopic (exact) mass is 247 g/mol. The van der Waals surface area contributed by atoms with Gasteiger partial charge in [-0.1, -0.05) is 11.6 Å². The lowest BCUT2D eigenvalue weighted by atomic mass is 10.1. The normalized spacial score (nSPS) is 19.7. The minimum absolute atomic E-state index is 0.487. The fourth-order valence-corrected chi connectivity index (χ4v) is 2.47. The molecule has 0 spiro atoms. The van der Waals surface area contributed by atoms with E-state index in [9.17, 15) is 0 Å². The van der Waals surface area contributed by atoms with Crippen LogP contribution in [0.15, 0.2) is 30.5 Å². The highest BCUT2D eigenvalue weighted by molar-refractivity contribution is 6.35. The van der Waals surface area contributed by atoms with Crippen LogP contribution in [0.5, 0.6) is 0 Å². The van der Waals surface area contributed by atoms with Crippen LogP contribution in [0.25, 0.3) is 10.9 Å². The van der Waals surface area contributed by atoms with Gasteiger partial charge in [-0.2, -0.15) is 0 Å². The zero-order chi connectivity index (χ0) is 11.7. The van der Waals surface area contributed by atoms with Gasteiger partial charge in [0, 0.05) is 24.2 Å². The summed E-state index contributed by atoms with van der Waals surface area (Å²) in [5, 5.41) is 8.63. The molecule has 1 fully saturated rings. The molecule has 1 atom stereocenters. The highest BCUT2D eigenvalue weighted by Crippen LogP contribution is 2.28. The average Bonchev–Trinajstić information content (AvgIpc) is 2.86. The van der Waals surface area contributed by atoms with Gasteiger partial charge in [0.15, 0.2) is 0 Å². The van der Waals surface area contributed by atoms with E-state index in [-0.39, 0.29) is 0 Å². The second-order valence-electron chi connectivity index (χ2n) is 4.33. The number of nitrogens with zero attached hydrogens (tertiary/aromatic N) is 1. The number of nitrogens with one attached hydrogen (secondary N) is 2. The molecule has 17 heavy (non-hydrogen) atoms. The molecule has 4 heteroatoms. The number of aromatic nitrogens is 1. The van der Waals surface area contributed by atoms with E-state index in [1.54, 1.807) is 6.20 Å². The summed E-state index contributed by atoms with van der Waals surface area (Å²) in [5.74, 6) is 0. The first-order valence-corrected chi connectivity index (χ1v) is 6.23. The minimum atomic E-state index is 0.487. The standard InChI is InChI=1S/C13H14ClN3/c14-11-3-4-12(17-9-5-7-15-8-9)13-10(11)2-1-6-16-13/h1-4,6,9,15,17H,5,7-8H2. The molecule has 0 aliphatic carbocycles. The van der Waals surface area contributed by atoms with E-state index in [1.165, 1.54) is 0 Å². The summed E-state index contributed by atoms with van der Waals surface area (Å²) in [6, 6.07) is 8.34. The van der Waals surface area contributed by atoms with E-state index in [4.69, 9.17) is 11.6 Å². The number of benzene rings is 1. The van der Waals surface area contributed by atoms with Crippen LogP contribution in [0.4, 0.5) is 5.69 Å². The molecule has 2 heterocycles. The van der Waals surface area contributed by atoms with Crippen LogP contribution < -0.4 is 10.6 Å². The molecule has 1 aromatic carbocycles. The van der Waals surface area contributed by atoms with E-state index in [2.05, 4.69) is 15.6 Å². The second-order valence-corrected chi connectivity index (χ2v) is 4.74.